The maximum atomic E-state index is 12.1. The van der Waals surface area contributed by atoms with Crippen molar-refractivity contribution >= 4 is 0 Å². The van der Waals surface area contributed by atoms with E-state index >= 15 is 0 Å². The van der Waals surface area contributed by atoms with Gasteiger partial charge in [-0.1, -0.05) is 26.0 Å². The Bertz CT molecular complexity index is 742. The van der Waals surface area contributed by atoms with Crippen molar-refractivity contribution in [2.75, 3.05) is 7.11 Å². The van der Waals surface area contributed by atoms with Gasteiger partial charge in [-0.05, 0) is 24.1 Å². The van der Waals surface area contributed by atoms with Crippen molar-refractivity contribution in [3.05, 3.63) is 46.2 Å². The quantitative estimate of drug-likeness (QED) is 0.864. The molecule has 0 saturated heterocycles. The lowest BCUT2D eigenvalue weighted by Gasteiger charge is -2.10. The fourth-order valence-electron chi connectivity index (χ4n) is 2.01. The van der Waals surface area contributed by atoms with Crippen LogP contribution in [-0.4, -0.2) is 16.9 Å². The standard InChI is InChI=1S/C16H17N3O2/c1-11(2)10-19-16(20)13(9-17)8-15(18-19)12-5-4-6-14(7-12)21-3/h4-8,11H,10H2,1-3H3. The van der Waals surface area contributed by atoms with Crippen molar-refractivity contribution in [1.29, 1.82) is 5.26 Å². The fraction of sp³-hybridized carbons (Fsp3) is 0.312. The second-order valence-electron chi connectivity index (χ2n) is 5.17. The van der Waals surface area contributed by atoms with Gasteiger partial charge in [-0.25, -0.2) is 4.68 Å². The Labute approximate surface area is 123 Å². The summed E-state index contributed by atoms with van der Waals surface area (Å²) in [4.78, 5) is 12.1. The highest BCUT2D eigenvalue weighted by molar-refractivity contribution is 5.62. The van der Waals surface area contributed by atoms with E-state index in [1.807, 2.05) is 44.2 Å². The van der Waals surface area contributed by atoms with Gasteiger partial charge in [-0.2, -0.15) is 10.4 Å². The average Bonchev–Trinajstić information content (AvgIpc) is 2.49. The summed E-state index contributed by atoms with van der Waals surface area (Å²) in [6.45, 7) is 4.47. The Morgan fingerprint density at radius 1 is 1.38 bits per heavy atom. The Morgan fingerprint density at radius 2 is 2.14 bits per heavy atom. The monoisotopic (exact) mass is 283 g/mol. The molecule has 0 N–H and O–H groups in total. The summed E-state index contributed by atoms with van der Waals surface area (Å²) in [5.74, 6) is 0.969. The maximum absolute atomic E-state index is 12.1. The van der Waals surface area contributed by atoms with Crippen molar-refractivity contribution in [2.24, 2.45) is 5.92 Å². The predicted molar refractivity (Wildman–Crippen MR) is 80.0 cm³/mol. The molecule has 0 aliphatic carbocycles. The van der Waals surface area contributed by atoms with E-state index in [0.29, 0.717) is 18.0 Å². The van der Waals surface area contributed by atoms with Crippen molar-refractivity contribution in [2.45, 2.75) is 20.4 Å². The molecule has 0 aliphatic rings. The van der Waals surface area contributed by atoms with Crippen molar-refractivity contribution < 1.29 is 4.74 Å². The number of ether oxygens (including phenoxy) is 1. The molecule has 0 unspecified atom stereocenters. The minimum atomic E-state index is -0.349. The van der Waals surface area contributed by atoms with E-state index in [1.165, 1.54) is 10.7 Å². The lowest BCUT2D eigenvalue weighted by Crippen LogP contribution is -2.27. The van der Waals surface area contributed by atoms with E-state index in [4.69, 9.17) is 10.00 Å². The molecule has 1 aromatic carbocycles. The van der Waals surface area contributed by atoms with Gasteiger partial charge in [0.25, 0.3) is 5.56 Å². The van der Waals surface area contributed by atoms with E-state index < -0.39 is 0 Å². The number of hydrogen-bond acceptors (Lipinski definition) is 4. The molecule has 0 fully saturated rings. The van der Waals surface area contributed by atoms with Crippen molar-refractivity contribution in [1.82, 2.24) is 9.78 Å². The van der Waals surface area contributed by atoms with E-state index in [-0.39, 0.29) is 17.0 Å². The van der Waals surface area contributed by atoms with Gasteiger partial charge in [0.15, 0.2) is 0 Å². The maximum Gasteiger partial charge on any atom is 0.284 e. The number of nitrogens with zero attached hydrogens (tertiary/aromatic N) is 3. The number of methoxy groups -OCH3 is 1. The zero-order valence-electron chi connectivity index (χ0n) is 12.3. The van der Waals surface area contributed by atoms with Crippen LogP contribution in [-0.2, 0) is 6.54 Å². The molecule has 5 heteroatoms. The van der Waals surface area contributed by atoms with Crippen LogP contribution in [0.4, 0.5) is 0 Å². The first-order valence-corrected chi connectivity index (χ1v) is 6.72. The number of benzene rings is 1. The van der Waals surface area contributed by atoms with Crippen LogP contribution in [0.25, 0.3) is 11.3 Å². The molecule has 5 nitrogen and oxygen atoms in total. The molecule has 0 saturated carbocycles. The van der Waals surface area contributed by atoms with Crippen LogP contribution in [0.3, 0.4) is 0 Å². The summed E-state index contributed by atoms with van der Waals surface area (Å²) in [7, 11) is 1.59. The largest absolute Gasteiger partial charge is 0.497 e. The number of nitriles is 1. The van der Waals surface area contributed by atoms with Crippen LogP contribution in [0.15, 0.2) is 35.1 Å². The van der Waals surface area contributed by atoms with Gasteiger partial charge in [0.2, 0.25) is 0 Å². The highest BCUT2D eigenvalue weighted by atomic mass is 16.5. The molecule has 0 atom stereocenters. The van der Waals surface area contributed by atoms with Crippen LogP contribution in [0.2, 0.25) is 0 Å². The summed E-state index contributed by atoms with van der Waals surface area (Å²) in [5.41, 5.74) is 1.15. The smallest absolute Gasteiger partial charge is 0.284 e. The van der Waals surface area contributed by atoms with Gasteiger partial charge in [0.05, 0.1) is 12.8 Å². The molecule has 0 aliphatic heterocycles. The highest BCUT2D eigenvalue weighted by Crippen LogP contribution is 2.21. The average molecular weight is 283 g/mol. The van der Waals surface area contributed by atoms with E-state index in [9.17, 15) is 4.79 Å². The summed E-state index contributed by atoms with van der Waals surface area (Å²) >= 11 is 0. The Hall–Kier alpha value is -2.61. The molecule has 0 amide bonds. The normalized spacial score (nSPS) is 10.4. The SMILES string of the molecule is COc1cccc(-c2cc(C#N)c(=O)n(CC(C)C)n2)c1. The molecule has 1 aromatic heterocycles. The minimum absolute atomic E-state index is 0.100. The van der Waals surface area contributed by atoms with Gasteiger partial charge in [0.1, 0.15) is 17.4 Å². The van der Waals surface area contributed by atoms with Gasteiger partial charge in [0, 0.05) is 12.1 Å². The first-order valence-electron chi connectivity index (χ1n) is 6.72. The van der Waals surface area contributed by atoms with Crippen LogP contribution in [0.5, 0.6) is 5.75 Å². The number of hydrogen-bond donors (Lipinski definition) is 0. The van der Waals surface area contributed by atoms with Gasteiger partial charge in [-0.3, -0.25) is 4.79 Å². The zero-order valence-corrected chi connectivity index (χ0v) is 12.3. The lowest BCUT2D eigenvalue weighted by molar-refractivity contribution is 0.415. The molecule has 21 heavy (non-hydrogen) atoms. The molecule has 0 radical (unpaired) electrons. The topological polar surface area (TPSA) is 67.9 Å². The third kappa shape index (κ3) is 3.29. The zero-order chi connectivity index (χ0) is 15.4. The number of aromatic nitrogens is 2. The third-order valence-electron chi connectivity index (χ3n) is 3.00. The first kappa shape index (κ1) is 14.8. The third-order valence-corrected chi connectivity index (χ3v) is 3.00. The van der Waals surface area contributed by atoms with E-state index in [1.54, 1.807) is 7.11 Å². The molecule has 0 spiro atoms. The minimum Gasteiger partial charge on any atom is -0.497 e. The Kier molecular flexibility index (Phi) is 4.39. The summed E-state index contributed by atoms with van der Waals surface area (Å²) in [6, 6.07) is 10.8. The van der Waals surface area contributed by atoms with Crippen LogP contribution >= 0.6 is 0 Å². The second-order valence-corrected chi connectivity index (χ2v) is 5.17. The highest BCUT2D eigenvalue weighted by Gasteiger charge is 2.11. The van der Waals surface area contributed by atoms with Gasteiger partial charge in [-0.15, -0.1) is 0 Å². The Balaban J connectivity index is 2.58. The number of rotatable bonds is 4. The molecule has 2 aromatic rings. The second kappa shape index (κ2) is 6.23. The fourth-order valence-corrected chi connectivity index (χ4v) is 2.01. The van der Waals surface area contributed by atoms with Crippen molar-refractivity contribution in [3.8, 4) is 23.1 Å². The Morgan fingerprint density at radius 3 is 2.76 bits per heavy atom. The summed E-state index contributed by atoms with van der Waals surface area (Å²) in [5, 5.41) is 13.5. The van der Waals surface area contributed by atoms with E-state index in [2.05, 4.69) is 5.10 Å². The van der Waals surface area contributed by atoms with E-state index in [0.717, 1.165) is 5.56 Å². The van der Waals surface area contributed by atoms with Crippen LogP contribution < -0.4 is 10.3 Å². The van der Waals surface area contributed by atoms with Crippen LogP contribution in [0.1, 0.15) is 19.4 Å². The summed E-state index contributed by atoms with van der Waals surface area (Å²) in [6.07, 6.45) is 0. The molecular weight excluding hydrogens is 266 g/mol. The molecule has 2 rings (SSSR count). The van der Waals surface area contributed by atoms with Gasteiger partial charge >= 0.3 is 0 Å². The van der Waals surface area contributed by atoms with Gasteiger partial charge < -0.3 is 4.74 Å². The van der Waals surface area contributed by atoms with Crippen LogP contribution in [0, 0.1) is 17.2 Å². The first-order chi connectivity index (χ1) is 10.0. The summed E-state index contributed by atoms with van der Waals surface area (Å²) < 4.78 is 6.55. The molecule has 108 valence electrons. The van der Waals surface area contributed by atoms with Crippen molar-refractivity contribution in [3.63, 3.8) is 0 Å². The molecule has 0 bridgehead atoms. The predicted octanol–water partition coefficient (Wildman–Crippen LogP) is 2.45. The lowest BCUT2D eigenvalue weighted by atomic mass is 10.1. The molecule has 1 heterocycles. The molecular formula is C16H17N3O2.